The van der Waals surface area contributed by atoms with Gasteiger partial charge in [-0.25, -0.2) is 4.39 Å². The first-order chi connectivity index (χ1) is 8.66. The van der Waals surface area contributed by atoms with Gasteiger partial charge in [0, 0.05) is 12.1 Å². The number of rotatable bonds is 1. The van der Waals surface area contributed by atoms with Crippen LogP contribution in [0.15, 0.2) is 28.0 Å². The summed E-state index contributed by atoms with van der Waals surface area (Å²) in [6.45, 7) is 1.24. The molecule has 1 aliphatic rings. The summed E-state index contributed by atoms with van der Waals surface area (Å²) in [6.07, 6.45) is 1.49. The number of halogens is 2. The minimum atomic E-state index is -0.433. The van der Waals surface area contributed by atoms with Crippen LogP contribution in [0.25, 0.3) is 6.08 Å². The van der Waals surface area contributed by atoms with Gasteiger partial charge in [-0.15, -0.1) is 0 Å². The highest BCUT2D eigenvalue weighted by atomic mass is 35.5. The van der Waals surface area contributed by atoms with Crippen LogP contribution in [0.2, 0.25) is 5.02 Å². The molecular weight excluding hydrogens is 275 g/mol. The molecule has 0 aliphatic carbocycles. The number of hydrogen-bond acceptors (Lipinski definition) is 3. The topological polar surface area (TPSA) is 34.4 Å². The van der Waals surface area contributed by atoms with E-state index >= 15 is 0 Å². The Kier molecular flexibility index (Phi) is 2.80. The average Bonchev–Trinajstić information content (AvgIpc) is 2.89. The van der Waals surface area contributed by atoms with E-state index in [0.29, 0.717) is 27.4 Å². The van der Waals surface area contributed by atoms with Gasteiger partial charge in [-0.05, 0) is 18.2 Å². The van der Waals surface area contributed by atoms with Crippen molar-refractivity contribution in [3.8, 4) is 0 Å². The number of nitrogens with zero attached hydrogens (tertiary/aromatic N) is 2. The highest BCUT2D eigenvalue weighted by Crippen LogP contribution is 2.19. The third kappa shape index (κ3) is 1.79. The van der Waals surface area contributed by atoms with Crippen molar-refractivity contribution in [2.24, 2.45) is 4.99 Å². The lowest BCUT2D eigenvalue weighted by Gasteiger charge is -1.98. The van der Waals surface area contributed by atoms with Gasteiger partial charge in [0.2, 0.25) is 0 Å². The Morgan fingerprint density at radius 3 is 3.06 bits per heavy atom. The summed E-state index contributed by atoms with van der Waals surface area (Å²) >= 11 is 7.19. The lowest BCUT2D eigenvalue weighted by Crippen LogP contribution is -2.29. The number of fused-ring (bicyclic) bond motifs is 1. The molecule has 3 rings (SSSR count). The van der Waals surface area contributed by atoms with Crippen LogP contribution >= 0.6 is 22.9 Å². The minimum absolute atomic E-state index is 0.129. The average molecular weight is 283 g/mol. The summed E-state index contributed by atoms with van der Waals surface area (Å²) in [5.74, 6) is -0.433. The second-order valence-corrected chi connectivity index (χ2v) is 5.28. The van der Waals surface area contributed by atoms with Gasteiger partial charge in [0.25, 0.3) is 5.56 Å². The lowest BCUT2D eigenvalue weighted by molar-refractivity contribution is 0.625. The van der Waals surface area contributed by atoms with Crippen LogP contribution < -0.4 is 14.9 Å². The largest absolute Gasteiger partial charge is 0.282 e. The highest BCUT2D eigenvalue weighted by molar-refractivity contribution is 7.07. The van der Waals surface area contributed by atoms with E-state index < -0.39 is 5.82 Å². The zero-order chi connectivity index (χ0) is 12.7. The van der Waals surface area contributed by atoms with E-state index in [1.807, 2.05) is 0 Å². The molecule has 0 N–H and O–H groups in total. The van der Waals surface area contributed by atoms with Crippen molar-refractivity contribution in [2.45, 2.75) is 6.54 Å². The van der Waals surface area contributed by atoms with E-state index in [2.05, 4.69) is 4.99 Å². The molecule has 18 heavy (non-hydrogen) atoms. The van der Waals surface area contributed by atoms with E-state index in [1.54, 1.807) is 10.6 Å². The molecular formula is C12H8ClFN2OS. The fourth-order valence-electron chi connectivity index (χ4n) is 1.85. The van der Waals surface area contributed by atoms with Crippen molar-refractivity contribution in [1.29, 1.82) is 0 Å². The minimum Gasteiger partial charge on any atom is -0.282 e. The number of aromatic nitrogens is 1. The first kappa shape index (κ1) is 11.6. The quantitative estimate of drug-likeness (QED) is 0.773. The number of thiazole rings is 1. The first-order valence-electron chi connectivity index (χ1n) is 5.36. The van der Waals surface area contributed by atoms with Crippen molar-refractivity contribution in [2.75, 3.05) is 6.54 Å². The van der Waals surface area contributed by atoms with E-state index in [0.717, 1.165) is 0 Å². The Hall–Kier alpha value is -1.46. The molecule has 2 heterocycles. The van der Waals surface area contributed by atoms with Gasteiger partial charge >= 0.3 is 0 Å². The molecule has 92 valence electrons. The summed E-state index contributed by atoms with van der Waals surface area (Å²) < 4.78 is 15.7. The standard InChI is InChI=1S/C12H8ClFN2OS/c13-8-2-1-3-9(14)7(8)6-10-11(17)16-5-4-15-12(16)18-10/h1-3,6H,4-5H2/b10-6-. The number of hydrogen-bond donors (Lipinski definition) is 0. The van der Waals surface area contributed by atoms with E-state index in [9.17, 15) is 9.18 Å². The van der Waals surface area contributed by atoms with Crippen LogP contribution in [0.4, 0.5) is 4.39 Å². The van der Waals surface area contributed by atoms with Crippen molar-refractivity contribution < 1.29 is 4.39 Å². The molecule has 0 amide bonds. The van der Waals surface area contributed by atoms with Gasteiger partial charge in [-0.3, -0.25) is 14.4 Å². The molecule has 2 aromatic rings. The second-order valence-electron chi connectivity index (χ2n) is 3.87. The Morgan fingerprint density at radius 1 is 1.50 bits per heavy atom. The molecule has 1 aromatic carbocycles. The third-order valence-corrected chi connectivity index (χ3v) is 4.11. The van der Waals surface area contributed by atoms with Gasteiger partial charge in [0.15, 0.2) is 4.80 Å². The van der Waals surface area contributed by atoms with Crippen molar-refractivity contribution in [3.05, 3.63) is 54.3 Å². The Bertz CT molecular complexity index is 773. The zero-order valence-electron chi connectivity index (χ0n) is 9.19. The molecule has 0 radical (unpaired) electrons. The highest BCUT2D eigenvalue weighted by Gasteiger charge is 2.11. The lowest BCUT2D eigenvalue weighted by atomic mass is 10.2. The van der Waals surface area contributed by atoms with E-state index in [4.69, 9.17) is 11.6 Å². The summed E-state index contributed by atoms with van der Waals surface area (Å²) in [5, 5.41) is 0.296. The monoisotopic (exact) mass is 282 g/mol. The SMILES string of the molecule is O=c1/c(=C/c2c(F)cccc2Cl)sc2n1CCN=2. The zero-order valence-corrected chi connectivity index (χ0v) is 10.8. The molecule has 1 aromatic heterocycles. The molecule has 0 saturated heterocycles. The van der Waals surface area contributed by atoms with Crippen molar-refractivity contribution in [1.82, 2.24) is 4.57 Å². The maximum absolute atomic E-state index is 13.6. The maximum Gasteiger partial charge on any atom is 0.270 e. The summed E-state index contributed by atoms with van der Waals surface area (Å²) in [4.78, 5) is 16.9. The fourth-order valence-corrected chi connectivity index (χ4v) is 3.08. The van der Waals surface area contributed by atoms with Gasteiger partial charge in [0.05, 0.1) is 16.1 Å². The van der Waals surface area contributed by atoms with Crippen LogP contribution in [-0.4, -0.2) is 11.1 Å². The van der Waals surface area contributed by atoms with Gasteiger partial charge in [-0.1, -0.05) is 29.0 Å². The summed E-state index contributed by atoms with van der Waals surface area (Å²) in [6, 6.07) is 4.45. The van der Waals surface area contributed by atoms with Crippen LogP contribution in [0.3, 0.4) is 0 Å². The maximum atomic E-state index is 13.6. The van der Waals surface area contributed by atoms with E-state index in [-0.39, 0.29) is 11.1 Å². The molecule has 6 heteroatoms. The van der Waals surface area contributed by atoms with Crippen LogP contribution in [0.5, 0.6) is 0 Å². The van der Waals surface area contributed by atoms with Gasteiger partial charge in [-0.2, -0.15) is 0 Å². The molecule has 0 unspecified atom stereocenters. The third-order valence-electron chi connectivity index (χ3n) is 2.73. The van der Waals surface area contributed by atoms with Crippen molar-refractivity contribution in [3.63, 3.8) is 0 Å². The number of benzene rings is 1. The van der Waals surface area contributed by atoms with Crippen LogP contribution in [0, 0.1) is 5.82 Å². The molecule has 0 spiro atoms. The van der Waals surface area contributed by atoms with Gasteiger partial charge in [0.1, 0.15) is 5.82 Å². The predicted octanol–water partition coefficient (Wildman–Crippen LogP) is 1.16. The molecule has 0 atom stereocenters. The predicted molar refractivity (Wildman–Crippen MR) is 69.2 cm³/mol. The molecule has 1 aliphatic heterocycles. The van der Waals surface area contributed by atoms with Gasteiger partial charge < -0.3 is 0 Å². The molecule has 3 nitrogen and oxygen atoms in total. The second kappa shape index (κ2) is 4.33. The molecule has 0 saturated carbocycles. The molecule has 0 bridgehead atoms. The Balaban J connectivity index is 2.28. The smallest absolute Gasteiger partial charge is 0.270 e. The van der Waals surface area contributed by atoms with Crippen LogP contribution in [0.1, 0.15) is 5.56 Å². The van der Waals surface area contributed by atoms with Crippen LogP contribution in [-0.2, 0) is 6.54 Å². The first-order valence-corrected chi connectivity index (χ1v) is 6.56. The summed E-state index contributed by atoms with van der Waals surface area (Å²) in [5.41, 5.74) is 0.118. The fraction of sp³-hybridized carbons (Fsp3) is 0.167. The normalized spacial score (nSPS) is 14.7. The Morgan fingerprint density at radius 2 is 2.33 bits per heavy atom. The molecule has 0 fully saturated rings. The Labute approximate surface area is 110 Å². The van der Waals surface area contributed by atoms with Crippen molar-refractivity contribution >= 4 is 29.0 Å². The summed E-state index contributed by atoms with van der Waals surface area (Å²) in [7, 11) is 0. The van der Waals surface area contributed by atoms with E-state index in [1.165, 1.54) is 29.5 Å².